The van der Waals surface area contributed by atoms with Crippen LogP contribution in [-0.4, -0.2) is 24.5 Å². The Morgan fingerprint density at radius 2 is 2.17 bits per heavy atom. The van der Waals surface area contributed by atoms with Crippen LogP contribution in [0.1, 0.15) is 12.8 Å². The van der Waals surface area contributed by atoms with Crippen molar-refractivity contribution in [2.45, 2.75) is 18.9 Å². The molecule has 18 heavy (non-hydrogen) atoms. The van der Waals surface area contributed by atoms with Crippen molar-refractivity contribution in [3.63, 3.8) is 0 Å². The second-order valence-corrected chi connectivity index (χ2v) is 4.61. The zero-order valence-electron chi connectivity index (χ0n) is 9.81. The van der Waals surface area contributed by atoms with Gasteiger partial charge in [0, 0.05) is 5.92 Å². The topological polar surface area (TPSA) is 67.4 Å². The van der Waals surface area contributed by atoms with Crippen molar-refractivity contribution in [1.29, 1.82) is 0 Å². The maximum absolute atomic E-state index is 11.8. The number of nitrogens with one attached hydrogen (secondary N) is 2. The molecule has 1 unspecified atom stereocenters. The van der Waals surface area contributed by atoms with Crippen LogP contribution in [0.25, 0.3) is 0 Å². The normalized spacial score (nSPS) is 21.6. The molecule has 0 aromatic heterocycles. The summed E-state index contributed by atoms with van der Waals surface area (Å²) in [7, 11) is 0. The first kappa shape index (κ1) is 11.1. The van der Waals surface area contributed by atoms with Crippen molar-refractivity contribution in [3.05, 3.63) is 24.3 Å². The lowest BCUT2D eigenvalue weighted by molar-refractivity contribution is -0.125. The molecule has 0 bridgehead atoms. The SMILES string of the molecule is O=C(NCC1Oc2ccccc2NC1=O)C1CC1. The molecule has 1 saturated carbocycles. The molecular weight excluding hydrogens is 232 g/mol. The van der Waals surface area contributed by atoms with Crippen LogP contribution in [0.3, 0.4) is 0 Å². The Balaban J connectivity index is 1.63. The van der Waals surface area contributed by atoms with Crippen LogP contribution in [0.15, 0.2) is 24.3 Å². The number of anilines is 1. The Morgan fingerprint density at radius 3 is 2.94 bits per heavy atom. The maximum atomic E-state index is 11.8. The standard InChI is InChI=1S/C13H14N2O3/c16-12(8-5-6-8)14-7-11-13(17)15-9-3-1-2-4-10(9)18-11/h1-4,8,11H,5-7H2,(H,14,16)(H,15,17). The zero-order chi connectivity index (χ0) is 12.5. The number of para-hydroxylation sites is 2. The van der Waals surface area contributed by atoms with Gasteiger partial charge in [0.05, 0.1) is 12.2 Å². The van der Waals surface area contributed by atoms with E-state index in [4.69, 9.17) is 4.74 Å². The van der Waals surface area contributed by atoms with Gasteiger partial charge in [-0.1, -0.05) is 12.1 Å². The molecule has 0 radical (unpaired) electrons. The molecule has 3 rings (SSSR count). The van der Waals surface area contributed by atoms with E-state index >= 15 is 0 Å². The van der Waals surface area contributed by atoms with Gasteiger partial charge in [0.1, 0.15) is 5.75 Å². The van der Waals surface area contributed by atoms with E-state index in [1.807, 2.05) is 12.1 Å². The van der Waals surface area contributed by atoms with Gasteiger partial charge in [-0.3, -0.25) is 9.59 Å². The van der Waals surface area contributed by atoms with Gasteiger partial charge in [0.2, 0.25) is 5.91 Å². The van der Waals surface area contributed by atoms with Gasteiger partial charge in [-0.15, -0.1) is 0 Å². The van der Waals surface area contributed by atoms with Crippen molar-refractivity contribution >= 4 is 17.5 Å². The molecule has 5 heteroatoms. The average Bonchev–Trinajstić information content (AvgIpc) is 3.20. The van der Waals surface area contributed by atoms with Crippen LogP contribution in [-0.2, 0) is 9.59 Å². The van der Waals surface area contributed by atoms with Gasteiger partial charge < -0.3 is 15.4 Å². The molecular formula is C13H14N2O3. The Labute approximate surface area is 105 Å². The molecule has 1 fully saturated rings. The lowest BCUT2D eigenvalue weighted by Gasteiger charge is -2.25. The number of hydrogen-bond acceptors (Lipinski definition) is 3. The van der Waals surface area contributed by atoms with Gasteiger partial charge in [-0.2, -0.15) is 0 Å². The predicted octanol–water partition coefficient (Wildman–Crippen LogP) is 0.912. The van der Waals surface area contributed by atoms with Crippen molar-refractivity contribution in [2.24, 2.45) is 5.92 Å². The van der Waals surface area contributed by atoms with E-state index in [0.29, 0.717) is 11.4 Å². The number of carbonyl (C=O) groups is 2. The van der Waals surface area contributed by atoms with Gasteiger partial charge >= 0.3 is 0 Å². The van der Waals surface area contributed by atoms with Crippen LogP contribution < -0.4 is 15.4 Å². The zero-order valence-corrected chi connectivity index (χ0v) is 9.81. The Morgan fingerprint density at radius 1 is 1.39 bits per heavy atom. The summed E-state index contributed by atoms with van der Waals surface area (Å²) in [6.07, 6.45) is 1.25. The minimum atomic E-state index is -0.650. The lowest BCUT2D eigenvalue weighted by atomic mass is 10.2. The number of rotatable bonds is 3. The van der Waals surface area contributed by atoms with Crippen LogP contribution in [0.4, 0.5) is 5.69 Å². The summed E-state index contributed by atoms with van der Waals surface area (Å²) in [6.45, 7) is 0.218. The molecule has 1 heterocycles. The summed E-state index contributed by atoms with van der Waals surface area (Å²) in [5.74, 6) is 0.585. The number of hydrogen-bond donors (Lipinski definition) is 2. The molecule has 1 aliphatic heterocycles. The second-order valence-electron chi connectivity index (χ2n) is 4.61. The molecule has 1 aliphatic carbocycles. The van der Waals surface area contributed by atoms with Crippen molar-refractivity contribution in [3.8, 4) is 5.75 Å². The summed E-state index contributed by atoms with van der Waals surface area (Å²) in [5, 5.41) is 5.51. The summed E-state index contributed by atoms with van der Waals surface area (Å²) < 4.78 is 5.57. The van der Waals surface area contributed by atoms with E-state index in [1.165, 1.54) is 0 Å². The summed E-state index contributed by atoms with van der Waals surface area (Å²) in [5.41, 5.74) is 0.673. The molecule has 0 spiro atoms. The van der Waals surface area contributed by atoms with Crippen molar-refractivity contribution < 1.29 is 14.3 Å². The molecule has 0 saturated heterocycles. The van der Waals surface area contributed by atoms with E-state index in [0.717, 1.165) is 12.8 Å². The van der Waals surface area contributed by atoms with Crippen LogP contribution in [0, 0.1) is 5.92 Å². The van der Waals surface area contributed by atoms with E-state index in [-0.39, 0.29) is 24.3 Å². The molecule has 2 aliphatic rings. The smallest absolute Gasteiger partial charge is 0.267 e. The largest absolute Gasteiger partial charge is 0.477 e. The van der Waals surface area contributed by atoms with Crippen molar-refractivity contribution in [1.82, 2.24) is 5.32 Å². The number of amides is 2. The molecule has 1 aromatic rings. The summed E-state index contributed by atoms with van der Waals surface area (Å²) in [6, 6.07) is 7.25. The quantitative estimate of drug-likeness (QED) is 0.833. The minimum absolute atomic E-state index is 0.0188. The van der Waals surface area contributed by atoms with Crippen LogP contribution in [0.5, 0.6) is 5.75 Å². The predicted molar refractivity (Wildman–Crippen MR) is 65.2 cm³/mol. The van der Waals surface area contributed by atoms with Crippen molar-refractivity contribution in [2.75, 3.05) is 11.9 Å². The molecule has 94 valence electrons. The lowest BCUT2D eigenvalue weighted by Crippen LogP contribution is -2.45. The highest BCUT2D eigenvalue weighted by atomic mass is 16.5. The van der Waals surface area contributed by atoms with E-state index in [2.05, 4.69) is 10.6 Å². The summed E-state index contributed by atoms with van der Waals surface area (Å²) >= 11 is 0. The monoisotopic (exact) mass is 246 g/mol. The van der Waals surface area contributed by atoms with E-state index in [1.54, 1.807) is 12.1 Å². The number of carbonyl (C=O) groups excluding carboxylic acids is 2. The molecule has 2 N–H and O–H groups in total. The van der Waals surface area contributed by atoms with E-state index < -0.39 is 6.10 Å². The number of benzene rings is 1. The Hall–Kier alpha value is -2.04. The van der Waals surface area contributed by atoms with E-state index in [9.17, 15) is 9.59 Å². The highest BCUT2D eigenvalue weighted by Gasteiger charge is 2.32. The average molecular weight is 246 g/mol. The third kappa shape index (κ3) is 2.16. The molecule has 1 aromatic carbocycles. The minimum Gasteiger partial charge on any atom is -0.477 e. The maximum Gasteiger partial charge on any atom is 0.267 e. The van der Waals surface area contributed by atoms with Crippen LogP contribution in [0.2, 0.25) is 0 Å². The highest BCUT2D eigenvalue weighted by molar-refractivity contribution is 5.98. The summed E-state index contributed by atoms with van der Waals surface area (Å²) in [4.78, 5) is 23.3. The fourth-order valence-electron chi connectivity index (χ4n) is 1.91. The third-order valence-corrected chi connectivity index (χ3v) is 3.12. The Kier molecular flexibility index (Phi) is 2.66. The highest BCUT2D eigenvalue weighted by Crippen LogP contribution is 2.30. The molecule has 1 atom stereocenters. The van der Waals surface area contributed by atoms with Gasteiger partial charge in [-0.25, -0.2) is 0 Å². The van der Waals surface area contributed by atoms with Gasteiger partial charge in [0.15, 0.2) is 6.10 Å². The Bertz CT molecular complexity index is 497. The van der Waals surface area contributed by atoms with Gasteiger partial charge in [0.25, 0.3) is 5.91 Å². The fraction of sp³-hybridized carbons (Fsp3) is 0.385. The first-order valence-corrected chi connectivity index (χ1v) is 6.08. The second kappa shape index (κ2) is 4.33. The fourth-order valence-corrected chi connectivity index (χ4v) is 1.91. The first-order valence-electron chi connectivity index (χ1n) is 6.08. The number of fused-ring (bicyclic) bond motifs is 1. The van der Waals surface area contributed by atoms with Gasteiger partial charge in [-0.05, 0) is 25.0 Å². The molecule has 2 amide bonds. The van der Waals surface area contributed by atoms with Crippen LogP contribution >= 0.6 is 0 Å². The number of ether oxygens (including phenoxy) is 1. The molecule has 5 nitrogen and oxygen atoms in total. The third-order valence-electron chi connectivity index (χ3n) is 3.12. The first-order chi connectivity index (χ1) is 8.74.